The van der Waals surface area contributed by atoms with Crippen molar-refractivity contribution in [3.63, 3.8) is 0 Å². The van der Waals surface area contributed by atoms with Crippen LogP contribution >= 0.6 is 0 Å². The van der Waals surface area contributed by atoms with Gasteiger partial charge in [0, 0.05) is 19.1 Å². The Morgan fingerprint density at radius 2 is 1.53 bits per heavy atom. The van der Waals surface area contributed by atoms with Gasteiger partial charge in [0.15, 0.2) is 0 Å². The monoisotopic (exact) mass is 415 g/mol. The average molecular weight is 416 g/mol. The number of aliphatic hydroxyl groups excluding tert-OH is 2. The Kier molecular flexibility index (Phi) is 4.91. The van der Waals surface area contributed by atoms with Crippen LogP contribution in [0.3, 0.4) is 0 Å². The van der Waals surface area contributed by atoms with Crippen molar-refractivity contribution in [2.75, 3.05) is 13.1 Å². The standard InChI is InChI=1S/C27H45NO2/c1-15-4-7-25-16(2)18-5-6-19-20(22(18)14-28(25)13-15)11-23-21(19)12-26(30)24-10-17(29)8-9-27(23,24)3/h15-26,29-30H,4-14H2,1-3H3/t15-,16-,17+,18+,19-,20-,21+,22-,23+,24-,25-,26-,27-/m1/s1. The first-order chi connectivity index (χ1) is 14.4. The highest BCUT2D eigenvalue weighted by Gasteiger charge is 2.62. The van der Waals surface area contributed by atoms with Crippen molar-refractivity contribution in [1.29, 1.82) is 0 Å². The van der Waals surface area contributed by atoms with Crippen molar-refractivity contribution in [2.24, 2.45) is 58.7 Å². The summed E-state index contributed by atoms with van der Waals surface area (Å²) in [5, 5.41) is 21.5. The second-order valence-corrected chi connectivity index (χ2v) is 13.1. The Labute approximate surface area is 184 Å². The number of nitrogens with zero attached hydrogens (tertiary/aromatic N) is 1. The molecule has 170 valence electrons. The number of rotatable bonds is 0. The van der Waals surface area contributed by atoms with Crippen LogP contribution in [-0.4, -0.2) is 46.5 Å². The Hall–Kier alpha value is -0.120. The zero-order valence-corrected chi connectivity index (χ0v) is 19.5. The molecule has 0 unspecified atom stereocenters. The molecule has 0 spiro atoms. The summed E-state index contributed by atoms with van der Waals surface area (Å²) in [7, 11) is 0. The Morgan fingerprint density at radius 3 is 2.37 bits per heavy atom. The van der Waals surface area contributed by atoms with E-state index in [1.807, 2.05) is 0 Å². The molecular formula is C27H45NO2. The predicted octanol–water partition coefficient (Wildman–Crippen LogP) is 4.56. The lowest BCUT2D eigenvalue weighted by molar-refractivity contribution is -0.130. The van der Waals surface area contributed by atoms with Gasteiger partial charge in [-0.3, -0.25) is 4.90 Å². The van der Waals surface area contributed by atoms with Crippen molar-refractivity contribution < 1.29 is 10.2 Å². The topological polar surface area (TPSA) is 43.7 Å². The SMILES string of the molecule is C[C@@H]1CC[C@@H]2[C@H](C)[C@@H]3CC[C@@H]4[C@@H](C[C@H]5[C@H]4C[C@@H](O)[C@H]4C[C@@H](O)CC[C@@]45C)[C@@H]3CN2C1. The van der Waals surface area contributed by atoms with Gasteiger partial charge in [-0.1, -0.05) is 20.8 Å². The van der Waals surface area contributed by atoms with Crippen LogP contribution in [0.2, 0.25) is 0 Å². The third kappa shape index (κ3) is 2.86. The molecule has 0 amide bonds. The highest BCUT2D eigenvalue weighted by molar-refractivity contribution is 5.12. The Morgan fingerprint density at radius 1 is 0.733 bits per heavy atom. The molecule has 4 saturated carbocycles. The summed E-state index contributed by atoms with van der Waals surface area (Å²) < 4.78 is 0. The maximum Gasteiger partial charge on any atom is 0.0577 e. The fourth-order valence-electron chi connectivity index (χ4n) is 10.6. The smallest absolute Gasteiger partial charge is 0.0577 e. The van der Waals surface area contributed by atoms with E-state index < -0.39 is 0 Å². The molecule has 4 aliphatic carbocycles. The third-order valence-electron chi connectivity index (χ3n) is 12.0. The highest BCUT2D eigenvalue weighted by Crippen LogP contribution is 2.67. The third-order valence-corrected chi connectivity index (χ3v) is 12.0. The van der Waals surface area contributed by atoms with Gasteiger partial charge < -0.3 is 10.2 Å². The number of fused-ring (bicyclic) bond motifs is 8. The van der Waals surface area contributed by atoms with Gasteiger partial charge >= 0.3 is 0 Å². The van der Waals surface area contributed by atoms with E-state index in [0.717, 1.165) is 79.1 Å². The first-order valence-electron chi connectivity index (χ1n) is 13.5. The van der Waals surface area contributed by atoms with Crippen LogP contribution in [0.5, 0.6) is 0 Å². The number of hydrogen-bond donors (Lipinski definition) is 2. The zero-order valence-electron chi connectivity index (χ0n) is 19.5. The largest absolute Gasteiger partial charge is 0.393 e. The van der Waals surface area contributed by atoms with Gasteiger partial charge in [-0.2, -0.15) is 0 Å². The van der Waals surface area contributed by atoms with E-state index in [1.54, 1.807) is 0 Å². The summed E-state index contributed by atoms with van der Waals surface area (Å²) in [6, 6.07) is 0.853. The second kappa shape index (κ2) is 7.19. The van der Waals surface area contributed by atoms with E-state index >= 15 is 0 Å². The first kappa shape index (κ1) is 20.5. The molecule has 6 fully saturated rings. The predicted molar refractivity (Wildman–Crippen MR) is 120 cm³/mol. The van der Waals surface area contributed by atoms with Crippen molar-refractivity contribution in [2.45, 2.75) is 96.8 Å². The highest BCUT2D eigenvalue weighted by atomic mass is 16.3. The Bertz CT molecular complexity index is 665. The van der Waals surface area contributed by atoms with E-state index in [1.165, 1.54) is 45.2 Å². The summed E-state index contributed by atoms with van der Waals surface area (Å²) in [6.45, 7) is 10.3. The molecule has 0 bridgehead atoms. The maximum atomic E-state index is 11.2. The van der Waals surface area contributed by atoms with Crippen molar-refractivity contribution in [3.05, 3.63) is 0 Å². The summed E-state index contributed by atoms with van der Waals surface area (Å²) in [6.07, 6.45) is 10.7. The average Bonchev–Trinajstić information content (AvgIpc) is 3.09. The molecule has 0 aromatic heterocycles. The molecular weight excluding hydrogens is 370 g/mol. The summed E-state index contributed by atoms with van der Waals surface area (Å²) in [5.74, 6) is 7.22. The molecule has 30 heavy (non-hydrogen) atoms. The van der Waals surface area contributed by atoms with Crippen LogP contribution in [0.15, 0.2) is 0 Å². The molecule has 3 heteroatoms. The van der Waals surface area contributed by atoms with Gasteiger partial charge in [0.2, 0.25) is 0 Å². The van der Waals surface area contributed by atoms with E-state index in [-0.39, 0.29) is 17.6 Å². The van der Waals surface area contributed by atoms with Gasteiger partial charge in [-0.25, -0.2) is 0 Å². The van der Waals surface area contributed by atoms with Gasteiger partial charge in [0.05, 0.1) is 12.2 Å². The van der Waals surface area contributed by atoms with Crippen LogP contribution < -0.4 is 0 Å². The van der Waals surface area contributed by atoms with Crippen LogP contribution in [0, 0.1) is 58.7 Å². The quantitative estimate of drug-likeness (QED) is 0.609. The minimum Gasteiger partial charge on any atom is -0.393 e. The number of aliphatic hydroxyl groups is 2. The fourth-order valence-corrected chi connectivity index (χ4v) is 10.6. The maximum absolute atomic E-state index is 11.2. The Balaban J connectivity index is 1.28. The van der Waals surface area contributed by atoms with Crippen molar-refractivity contribution in [3.8, 4) is 0 Å². The van der Waals surface area contributed by atoms with Crippen LogP contribution in [0.4, 0.5) is 0 Å². The molecule has 0 aromatic carbocycles. The molecule has 0 aromatic rings. The summed E-state index contributed by atoms with van der Waals surface area (Å²) in [5.41, 5.74) is 0.261. The first-order valence-corrected chi connectivity index (χ1v) is 13.5. The summed E-state index contributed by atoms with van der Waals surface area (Å²) in [4.78, 5) is 2.92. The van der Waals surface area contributed by atoms with Crippen molar-refractivity contribution in [1.82, 2.24) is 4.90 Å². The molecule has 0 radical (unpaired) electrons. The molecule has 3 nitrogen and oxygen atoms in total. The van der Waals surface area contributed by atoms with E-state index in [2.05, 4.69) is 25.7 Å². The minimum atomic E-state index is -0.181. The lowest BCUT2D eigenvalue weighted by atomic mass is 9.51. The lowest BCUT2D eigenvalue weighted by Gasteiger charge is -2.56. The molecule has 6 aliphatic rings. The van der Waals surface area contributed by atoms with Gasteiger partial charge in [0.25, 0.3) is 0 Å². The molecule has 2 N–H and O–H groups in total. The normalized spacial score (nSPS) is 60.7. The number of hydrogen-bond acceptors (Lipinski definition) is 3. The fraction of sp³-hybridized carbons (Fsp3) is 1.00. The van der Waals surface area contributed by atoms with E-state index in [9.17, 15) is 10.2 Å². The van der Waals surface area contributed by atoms with Crippen LogP contribution in [0.1, 0.15) is 78.6 Å². The van der Waals surface area contributed by atoms with Crippen molar-refractivity contribution >= 4 is 0 Å². The van der Waals surface area contributed by atoms with Gasteiger partial charge in [-0.05, 0) is 116 Å². The molecule has 2 saturated heterocycles. The number of piperidine rings is 2. The summed E-state index contributed by atoms with van der Waals surface area (Å²) >= 11 is 0. The molecule has 6 rings (SSSR count). The van der Waals surface area contributed by atoms with Crippen LogP contribution in [0.25, 0.3) is 0 Å². The molecule has 2 aliphatic heterocycles. The van der Waals surface area contributed by atoms with E-state index in [0.29, 0.717) is 5.92 Å². The lowest BCUT2D eigenvalue weighted by Crippen LogP contribution is -2.58. The van der Waals surface area contributed by atoms with Gasteiger partial charge in [0.1, 0.15) is 0 Å². The zero-order chi connectivity index (χ0) is 20.8. The van der Waals surface area contributed by atoms with Crippen LogP contribution in [-0.2, 0) is 0 Å². The van der Waals surface area contributed by atoms with Gasteiger partial charge in [-0.15, -0.1) is 0 Å². The molecule has 13 atom stereocenters. The molecule has 2 heterocycles. The van der Waals surface area contributed by atoms with E-state index in [4.69, 9.17) is 0 Å². The second-order valence-electron chi connectivity index (χ2n) is 13.1. The minimum absolute atomic E-state index is 0.180.